The summed E-state index contributed by atoms with van der Waals surface area (Å²) < 4.78 is 15.8. The number of ether oxygens (including phenoxy) is 2. The van der Waals surface area contributed by atoms with E-state index >= 15 is 0 Å². The molecule has 1 atom stereocenters. The lowest BCUT2D eigenvalue weighted by molar-refractivity contribution is -0.0311. The molecular weight excluding hydrogens is 222 g/mol. The van der Waals surface area contributed by atoms with Gasteiger partial charge in [0.15, 0.2) is 0 Å². The Morgan fingerprint density at radius 1 is 1.47 bits per heavy atom. The van der Waals surface area contributed by atoms with Crippen molar-refractivity contribution in [3.63, 3.8) is 0 Å². The number of hydrogen-bond donors (Lipinski definition) is 1. The first-order valence-corrected chi connectivity index (χ1v) is 5.87. The third kappa shape index (κ3) is 3.31. The van der Waals surface area contributed by atoms with Crippen LogP contribution in [0.3, 0.4) is 0 Å². The molecule has 0 aromatic carbocycles. The summed E-state index contributed by atoms with van der Waals surface area (Å²) in [5.41, 5.74) is 5.39. The fourth-order valence-electron chi connectivity index (χ4n) is 1.78. The summed E-state index contributed by atoms with van der Waals surface area (Å²) >= 11 is 0. The van der Waals surface area contributed by atoms with Gasteiger partial charge >= 0.3 is 5.97 Å². The monoisotopic (exact) mass is 239 g/mol. The summed E-state index contributed by atoms with van der Waals surface area (Å²) in [6.07, 6.45) is 3.18. The molecule has 0 spiro atoms. The number of rotatable bonds is 4. The third-order valence-electron chi connectivity index (χ3n) is 2.74. The second-order valence-corrected chi connectivity index (χ2v) is 4.06. The van der Waals surface area contributed by atoms with Crippen LogP contribution in [0.15, 0.2) is 16.5 Å². The zero-order valence-corrected chi connectivity index (χ0v) is 9.69. The molecule has 94 valence electrons. The van der Waals surface area contributed by atoms with Crippen LogP contribution in [0.2, 0.25) is 0 Å². The van der Waals surface area contributed by atoms with Crippen LogP contribution in [0.5, 0.6) is 0 Å². The lowest BCUT2D eigenvalue weighted by atomic mass is 10.1. The van der Waals surface area contributed by atoms with Crippen molar-refractivity contribution >= 4 is 5.97 Å². The Balaban J connectivity index is 1.80. The van der Waals surface area contributed by atoms with Gasteiger partial charge in [0.1, 0.15) is 12.4 Å². The fraction of sp³-hybridized carbons (Fsp3) is 0.583. The summed E-state index contributed by atoms with van der Waals surface area (Å²) in [6.45, 7) is 1.32. The van der Waals surface area contributed by atoms with E-state index in [4.69, 9.17) is 19.6 Å². The van der Waals surface area contributed by atoms with Gasteiger partial charge in [-0.15, -0.1) is 0 Å². The molecule has 1 aromatic rings. The molecule has 0 radical (unpaired) electrons. The lowest BCUT2D eigenvalue weighted by Gasteiger charge is -2.21. The molecule has 1 aliphatic heterocycles. The van der Waals surface area contributed by atoms with Gasteiger partial charge in [0.25, 0.3) is 0 Å². The Labute approximate surface area is 99.9 Å². The summed E-state index contributed by atoms with van der Waals surface area (Å²) in [5, 5.41) is 0. The Morgan fingerprint density at radius 2 is 2.35 bits per heavy atom. The Morgan fingerprint density at radius 3 is 3.00 bits per heavy atom. The quantitative estimate of drug-likeness (QED) is 0.805. The minimum Gasteiger partial charge on any atom is -0.457 e. The van der Waals surface area contributed by atoms with E-state index in [1.807, 2.05) is 0 Å². The van der Waals surface area contributed by atoms with Gasteiger partial charge in [0.2, 0.25) is 5.76 Å². The van der Waals surface area contributed by atoms with Gasteiger partial charge in [0, 0.05) is 6.61 Å². The van der Waals surface area contributed by atoms with E-state index in [0.717, 1.165) is 25.9 Å². The normalized spacial score (nSPS) is 20.2. The molecule has 0 saturated carbocycles. The van der Waals surface area contributed by atoms with Gasteiger partial charge < -0.3 is 19.6 Å². The third-order valence-corrected chi connectivity index (χ3v) is 2.74. The predicted molar refractivity (Wildman–Crippen MR) is 60.5 cm³/mol. The van der Waals surface area contributed by atoms with Crippen LogP contribution in [0, 0.1) is 0 Å². The molecular formula is C12H17NO4. The van der Waals surface area contributed by atoms with Crippen molar-refractivity contribution in [1.29, 1.82) is 0 Å². The van der Waals surface area contributed by atoms with Crippen LogP contribution in [-0.4, -0.2) is 25.3 Å². The van der Waals surface area contributed by atoms with Crippen LogP contribution in [0.1, 0.15) is 35.6 Å². The van der Waals surface area contributed by atoms with Crippen LogP contribution in [0.25, 0.3) is 0 Å². The van der Waals surface area contributed by atoms with Crippen LogP contribution in [0.4, 0.5) is 0 Å². The highest BCUT2D eigenvalue weighted by molar-refractivity contribution is 5.86. The van der Waals surface area contributed by atoms with Crippen molar-refractivity contribution in [2.75, 3.05) is 13.2 Å². The average Bonchev–Trinajstić information content (AvgIpc) is 2.86. The maximum absolute atomic E-state index is 11.6. The van der Waals surface area contributed by atoms with Crippen molar-refractivity contribution in [2.45, 2.75) is 31.9 Å². The molecule has 2 N–H and O–H groups in total. The summed E-state index contributed by atoms with van der Waals surface area (Å²) in [4.78, 5) is 11.6. The predicted octanol–water partition coefficient (Wildman–Crippen LogP) is 1.46. The molecule has 2 rings (SSSR count). The first-order valence-electron chi connectivity index (χ1n) is 5.87. The van der Waals surface area contributed by atoms with E-state index in [2.05, 4.69) is 0 Å². The van der Waals surface area contributed by atoms with Crippen molar-refractivity contribution in [3.8, 4) is 0 Å². The number of carbonyl (C=O) groups excluding carboxylic acids is 1. The fourth-order valence-corrected chi connectivity index (χ4v) is 1.78. The molecule has 1 aliphatic rings. The summed E-state index contributed by atoms with van der Waals surface area (Å²) in [6, 6.07) is 3.25. The second-order valence-electron chi connectivity index (χ2n) is 4.06. The van der Waals surface area contributed by atoms with Crippen molar-refractivity contribution in [3.05, 3.63) is 23.7 Å². The van der Waals surface area contributed by atoms with Crippen LogP contribution in [-0.2, 0) is 16.0 Å². The summed E-state index contributed by atoms with van der Waals surface area (Å²) in [7, 11) is 0. The average molecular weight is 239 g/mol. The Kier molecular flexibility index (Phi) is 4.17. The number of furan rings is 1. The standard InChI is InChI=1S/C12H17NO4/c13-7-9-4-5-11(17-9)12(14)16-8-10-3-1-2-6-15-10/h4-5,10H,1-3,6-8,13H2. The first-order chi connectivity index (χ1) is 8.29. The molecule has 1 saturated heterocycles. The molecule has 0 bridgehead atoms. The van der Waals surface area contributed by atoms with Gasteiger partial charge in [-0.1, -0.05) is 0 Å². The molecule has 1 unspecified atom stereocenters. The zero-order valence-electron chi connectivity index (χ0n) is 9.69. The van der Waals surface area contributed by atoms with Crippen molar-refractivity contribution in [1.82, 2.24) is 0 Å². The molecule has 1 fully saturated rings. The van der Waals surface area contributed by atoms with Crippen LogP contribution >= 0.6 is 0 Å². The molecule has 1 aromatic heterocycles. The van der Waals surface area contributed by atoms with Gasteiger partial charge in [-0.25, -0.2) is 4.79 Å². The van der Waals surface area contributed by atoms with Gasteiger partial charge in [0.05, 0.1) is 12.6 Å². The highest BCUT2D eigenvalue weighted by Crippen LogP contribution is 2.14. The number of esters is 1. The topological polar surface area (TPSA) is 74.7 Å². The van der Waals surface area contributed by atoms with E-state index in [1.165, 1.54) is 0 Å². The van der Waals surface area contributed by atoms with E-state index in [0.29, 0.717) is 5.76 Å². The number of carbonyl (C=O) groups is 1. The molecule has 5 nitrogen and oxygen atoms in total. The van der Waals surface area contributed by atoms with E-state index in [1.54, 1.807) is 12.1 Å². The highest BCUT2D eigenvalue weighted by Gasteiger charge is 2.18. The summed E-state index contributed by atoms with van der Waals surface area (Å²) in [5.74, 6) is 0.311. The molecule has 0 amide bonds. The minimum atomic E-state index is -0.459. The molecule has 17 heavy (non-hydrogen) atoms. The number of hydrogen-bond acceptors (Lipinski definition) is 5. The highest BCUT2D eigenvalue weighted by atomic mass is 16.6. The smallest absolute Gasteiger partial charge is 0.374 e. The SMILES string of the molecule is NCc1ccc(C(=O)OCC2CCCCO2)o1. The second kappa shape index (κ2) is 5.84. The van der Waals surface area contributed by atoms with Crippen LogP contribution < -0.4 is 5.73 Å². The maximum Gasteiger partial charge on any atom is 0.374 e. The lowest BCUT2D eigenvalue weighted by Crippen LogP contribution is -2.25. The Bertz CT molecular complexity index is 368. The van der Waals surface area contributed by atoms with Crippen molar-refractivity contribution < 1.29 is 18.7 Å². The molecule has 5 heteroatoms. The van der Waals surface area contributed by atoms with Gasteiger partial charge in [-0.3, -0.25) is 0 Å². The van der Waals surface area contributed by atoms with E-state index in [-0.39, 0.29) is 25.0 Å². The molecule has 2 heterocycles. The van der Waals surface area contributed by atoms with Gasteiger partial charge in [-0.2, -0.15) is 0 Å². The van der Waals surface area contributed by atoms with Gasteiger partial charge in [-0.05, 0) is 31.4 Å². The Hall–Kier alpha value is -1.33. The number of nitrogens with two attached hydrogens (primary N) is 1. The van der Waals surface area contributed by atoms with E-state index < -0.39 is 5.97 Å². The zero-order chi connectivity index (χ0) is 12.1. The van der Waals surface area contributed by atoms with E-state index in [9.17, 15) is 4.79 Å². The minimum absolute atomic E-state index is 0.0247. The largest absolute Gasteiger partial charge is 0.457 e. The maximum atomic E-state index is 11.6. The van der Waals surface area contributed by atoms with Crippen molar-refractivity contribution in [2.24, 2.45) is 5.73 Å². The first kappa shape index (κ1) is 12.1. The molecule has 0 aliphatic carbocycles.